The molecule has 1 N–H and O–H groups in total. The minimum atomic E-state index is -2.26. The Kier molecular flexibility index (Phi) is 4.44. The summed E-state index contributed by atoms with van der Waals surface area (Å²) < 4.78 is 30.2. The van der Waals surface area contributed by atoms with E-state index in [1.807, 2.05) is 29.3 Å². The summed E-state index contributed by atoms with van der Waals surface area (Å²) in [7, 11) is 0. The molecule has 1 fully saturated rings. The average molecular weight is 347 g/mol. The Morgan fingerprint density at radius 3 is 2.84 bits per heavy atom. The monoisotopic (exact) mass is 347 g/mol. The summed E-state index contributed by atoms with van der Waals surface area (Å²) in [5, 5.41) is 5.06. The lowest BCUT2D eigenvalue weighted by molar-refractivity contribution is 0.0681. The molecule has 1 aliphatic heterocycles. The summed E-state index contributed by atoms with van der Waals surface area (Å²) in [6, 6.07) is 5.78. The molecule has 4 rings (SSSR count). The molecule has 3 aromatic rings. The van der Waals surface area contributed by atoms with Crippen LogP contribution in [0.2, 0.25) is 0 Å². The van der Waals surface area contributed by atoms with Crippen molar-refractivity contribution in [3.8, 4) is 11.5 Å². The zero-order chi connectivity index (χ0) is 17.2. The molecule has 0 radical (unpaired) electrons. The van der Waals surface area contributed by atoms with Crippen molar-refractivity contribution < 1.29 is 13.3 Å². The first-order valence-electron chi connectivity index (χ1n) is 8.45. The Bertz CT molecular complexity index is 838. The molecule has 0 spiro atoms. The van der Waals surface area contributed by atoms with Gasteiger partial charge >= 0.3 is 0 Å². The topological polar surface area (TPSA) is 70.8 Å². The summed E-state index contributed by atoms with van der Waals surface area (Å²) in [4.78, 5) is 13.8. The summed E-state index contributed by atoms with van der Waals surface area (Å²) in [6.45, 7) is 1.26. The van der Waals surface area contributed by atoms with Crippen molar-refractivity contribution in [2.24, 2.45) is 5.92 Å². The Labute approximate surface area is 143 Å². The quantitative estimate of drug-likeness (QED) is 0.768. The molecule has 1 aliphatic rings. The first kappa shape index (κ1) is 16.1. The van der Waals surface area contributed by atoms with Gasteiger partial charge in [0, 0.05) is 18.0 Å². The number of nitrogens with one attached hydrogen (secondary N) is 1. The number of likely N-dealkylation sites (tertiary alicyclic amines) is 1. The van der Waals surface area contributed by atoms with Crippen LogP contribution in [0.15, 0.2) is 28.9 Å². The number of halogens is 2. The second-order valence-corrected chi connectivity index (χ2v) is 6.46. The molecule has 3 aromatic heterocycles. The van der Waals surface area contributed by atoms with Gasteiger partial charge in [-0.05, 0) is 50.0 Å². The van der Waals surface area contributed by atoms with Crippen LogP contribution in [0.25, 0.3) is 22.6 Å². The number of alkyl halides is 2. The van der Waals surface area contributed by atoms with E-state index >= 15 is 0 Å². The second kappa shape index (κ2) is 6.87. The number of H-pyrrole nitrogens is 1. The van der Waals surface area contributed by atoms with E-state index in [1.54, 1.807) is 0 Å². The summed E-state index contributed by atoms with van der Waals surface area (Å²) in [5.74, 6) is 1.44. The first-order valence-corrected chi connectivity index (χ1v) is 8.45. The van der Waals surface area contributed by atoms with Crippen LogP contribution < -0.4 is 0 Å². The van der Waals surface area contributed by atoms with Gasteiger partial charge in [-0.1, -0.05) is 5.16 Å². The van der Waals surface area contributed by atoms with Crippen LogP contribution in [-0.4, -0.2) is 51.1 Å². The van der Waals surface area contributed by atoms with Crippen LogP contribution in [0.5, 0.6) is 0 Å². The van der Waals surface area contributed by atoms with E-state index in [1.165, 1.54) is 0 Å². The van der Waals surface area contributed by atoms with Gasteiger partial charge in [-0.2, -0.15) is 4.98 Å². The maximum atomic E-state index is 12.4. The third-order valence-electron chi connectivity index (χ3n) is 4.67. The lowest BCUT2D eigenvalue weighted by atomic mass is 9.93. The molecule has 132 valence electrons. The number of pyridine rings is 1. The van der Waals surface area contributed by atoms with E-state index in [2.05, 4.69) is 20.1 Å². The van der Waals surface area contributed by atoms with Gasteiger partial charge < -0.3 is 9.51 Å². The Morgan fingerprint density at radius 2 is 2.04 bits per heavy atom. The van der Waals surface area contributed by atoms with Crippen molar-refractivity contribution in [2.75, 3.05) is 19.6 Å². The van der Waals surface area contributed by atoms with Gasteiger partial charge in [0.25, 0.3) is 6.43 Å². The van der Waals surface area contributed by atoms with Crippen LogP contribution in [0, 0.1) is 5.92 Å². The third kappa shape index (κ3) is 3.68. The Balaban J connectivity index is 1.38. The summed E-state index contributed by atoms with van der Waals surface area (Å²) >= 11 is 0. The number of piperidine rings is 1. The van der Waals surface area contributed by atoms with Crippen molar-refractivity contribution >= 4 is 11.0 Å². The van der Waals surface area contributed by atoms with Gasteiger partial charge in [0.1, 0.15) is 11.3 Å². The van der Waals surface area contributed by atoms with Crippen molar-refractivity contribution in [3.63, 3.8) is 0 Å². The molecule has 0 amide bonds. The van der Waals surface area contributed by atoms with Crippen molar-refractivity contribution in [3.05, 3.63) is 30.3 Å². The van der Waals surface area contributed by atoms with Crippen LogP contribution in [-0.2, 0) is 6.42 Å². The van der Waals surface area contributed by atoms with E-state index < -0.39 is 6.43 Å². The number of rotatable bonds is 5. The van der Waals surface area contributed by atoms with Crippen molar-refractivity contribution in [1.29, 1.82) is 0 Å². The zero-order valence-electron chi connectivity index (χ0n) is 13.7. The fourth-order valence-electron chi connectivity index (χ4n) is 3.31. The predicted molar refractivity (Wildman–Crippen MR) is 88.3 cm³/mol. The van der Waals surface area contributed by atoms with Crippen LogP contribution in [0.3, 0.4) is 0 Å². The van der Waals surface area contributed by atoms with E-state index in [0.717, 1.165) is 23.9 Å². The highest BCUT2D eigenvalue weighted by molar-refractivity contribution is 5.77. The van der Waals surface area contributed by atoms with E-state index in [9.17, 15) is 8.78 Å². The minimum Gasteiger partial charge on any atom is -0.346 e. The van der Waals surface area contributed by atoms with Gasteiger partial charge in [0.15, 0.2) is 0 Å². The fourth-order valence-corrected chi connectivity index (χ4v) is 3.31. The van der Waals surface area contributed by atoms with Gasteiger partial charge in [0.05, 0.1) is 6.54 Å². The SMILES string of the molecule is FC(F)CN1CCC(Cc2nc(-c3ccc4cc[nH]c4n3)no2)CC1. The summed E-state index contributed by atoms with van der Waals surface area (Å²) in [5.41, 5.74) is 1.45. The van der Waals surface area contributed by atoms with Crippen molar-refractivity contribution in [2.45, 2.75) is 25.7 Å². The van der Waals surface area contributed by atoms with Crippen LogP contribution in [0.1, 0.15) is 18.7 Å². The number of aromatic nitrogens is 4. The molecule has 0 aromatic carbocycles. The zero-order valence-corrected chi connectivity index (χ0v) is 13.7. The number of nitrogens with zero attached hydrogens (tertiary/aromatic N) is 4. The minimum absolute atomic E-state index is 0.135. The second-order valence-electron chi connectivity index (χ2n) is 6.46. The molecule has 0 bridgehead atoms. The molecule has 1 saturated heterocycles. The smallest absolute Gasteiger partial charge is 0.251 e. The molecule has 0 atom stereocenters. The molecule has 0 unspecified atom stereocenters. The fraction of sp³-hybridized carbons (Fsp3) is 0.471. The highest BCUT2D eigenvalue weighted by atomic mass is 19.3. The molecular weight excluding hydrogens is 328 g/mol. The average Bonchev–Trinajstić information content (AvgIpc) is 3.24. The number of hydrogen-bond acceptors (Lipinski definition) is 5. The first-order chi connectivity index (χ1) is 12.2. The largest absolute Gasteiger partial charge is 0.346 e. The number of fused-ring (bicyclic) bond motifs is 1. The highest BCUT2D eigenvalue weighted by Crippen LogP contribution is 2.23. The molecule has 0 aliphatic carbocycles. The molecule has 6 nitrogen and oxygen atoms in total. The maximum Gasteiger partial charge on any atom is 0.251 e. The van der Waals surface area contributed by atoms with E-state index in [-0.39, 0.29) is 6.54 Å². The predicted octanol–water partition coefficient (Wildman–Crippen LogP) is 3.13. The maximum absolute atomic E-state index is 12.4. The van der Waals surface area contributed by atoms with Gasteiger partial charge in [-0.15, -0.1) is 0 Å². The van der Waals surface area contributed by atoms with Crippen LogP contribution in [0.4, 0.5) is 8.78 Å². The number of aromatic amines is 1. The molecule has 25 heavy (non-hydrogen) atoms. The van der Waals surface area contributed by atoms with Gasteiger partial charge in [-0.25, -0.2) is 13.8 Å². The molecule has 4 heterocycles. The van der Waals surface area contributed by atoms with Crippen molar-refractivity contribution in [1.82, 2.24) is 25.0 Å². The molecule has 8 heteroatoms. The van der Waals surface area contributed by atoms with Gasteiger partial charge in [-0.3, -0.25) is 4.90 Å². The molecular formula is C17H19F2N5O. The highest BCUT2D eigenvalue weighted by Gasteiger charge is 2.23. The third-order valence-corrected chi connectivity index (χ3v) is 4.67. The number of hydrogen-bond donors (Lipinski definition) is 1. The molecule has 0 saturated carbocycles. The van der Waals surface area contributed by atoms with Crippen LogP contribution >= 0.6 is 0 Å². The van der Waals surface area contributed by atoms with E-state index in [4.69, 9.17) is 4.52 Å². The lowest BCUT2D eigenvalue weighted by Gasteiger charge is -2.30. The Hall–Kier alpha value is -2.35. The standard InChI is InChI=1S/C17H19F2N5O/c18-14(19)10-24-7-4-11(5-8-24)9-15-22-17(23-25-15)13-2-1-12-3-6-20-16(12)21-13/h1-3,6,11,14H,4-5,7-10H2,(H,20,21). The Morgan fingerprint density at radius 1 is 1.20 bits per heavy atom. The summed E-state index contributed by atoms with van der Waals surface area (Å²) in [6.07, 6.45) is 2.00. The van der Waals surface area contributed by atoms with E-state index in [0.29, 0.717) is 42.8 Å². The normalized spacial score (nSPS) is 16.9. The van der Waals surface area contributed by atoms with Gasteiger partial charge in [0.2, 0.25) is 11.7 Å². The lowest BCUT2D eigenvalue weighted by Crippen LogP contribution is -2.37.